The van der Waals surface area contributed by atoms with Crippen molar-refractivity contribution in [1.29, 1.82) is 0 Å². The molecule has 0 radical (unpaired) electrons. The Morgan fingerprint density at radius 2 is 1.89 bits per heavy atom. The maximum Gasteiger partial charge on any atom is 0.338 e. The van der Waals surface area contributed by atoms with E-state index < -0.39 is 0 Å². The molecule has 1 heterocycles. The molecule has 144 valence electrons. The van der Waals surface area contributed by atoms with Crippen LogP contribution in [0.5, 0.6) is 11.5 Å². The Kier molecular flexibility index (Phi) is 6.58. The number of alkyl halides is 1. The number of fused-ring (bicyclic) bond motifs is 1. The number of rotatable bonds is 7. The van der Waals surface area contributed by atoms with Crippen LogP contribution in [0.15, 0.2) is 42.5 Å². The van der Waals surface area contributed by atoms with Gasteiger partial charge < -0.3 is 19.5 Å². The Labute approximate surface area is 164 Å². The molecule has 0 spiro atoms. The van der Waals surface area contributed by atoms with Gasteiger partial charge in [-0.15, -0.1) is 11.6 Å². The molecule has 6 heteroatoms. The van der Waals surface area contributed by atoms with Crippen molar-refractivity contribution >= 4 is 17.6 Å². The molecule has 2 unspecified atom stereocenters. The molecule has 3 rings (SSSR count). The molecular weight excluding hydrogens is 366 g/mol. The fourth-order valence-electron chi connectivity index (χ4n) is 3.41. The Morgan fingerprint density at radius 3 is 2.56 bits per heavy atom. The van der Waals surface area contributed by atoms with Crippen molar-refractivity contribution in [2.75, 3.05) is 33.3 Å². The van der Waals surface area contributed by atoms with Gasteiger partial charge in [0.1, 0.15) is 0 Å². The number of benzene rings is 2. The van der Waals surface area contributed by atoms with Gasteiger partial charge in [-0.2, -0.15) is 0 Å². The topological polar surface area (TPSA) is 56.8 Å². The predicted octanol–water partition coefficient (Wildman–Crippen LogP) is 3.60. The van der Waals surface area contributed by atoms with E-state index in [9.17, 15) is 4.79 Å². The number of carbonyl (C=O) groups is 1. The summed E-state index contributed by atoms with van der Waals surface area (Å²) in [5.74, 6) is 1.37. The molecule has 5 nitrogen and oxygen atoms in total. The van der Waals surface area contributed by atoms with Crippen molar-refractivity contribution in [3.8, 4) is 11.5 Å². The van der Waals surface area contributed by atoms with E-state index in [1.54, 1.807) is 26.4 Å². The number of carbonyl (C=O) groups excluding carboxylic acids is 1. The summed E-state index contributed by atoms with van der Waals surface area (Å²) < 4.78 is 16.4. The quantitative estimate of drug-likeness (QED) is 0.579. The molecule has 2 aromatic rings. The zero-order valence-electron chi connectivity index (χ0n) is 15.5. The summed E-state index contributed by atoms with van der Waals surface area (Å²) in [7, 11) is 3.25. The highest BCUT2D eigenvalue weighted by atomic mass is 35.5. The number of methoxy groups -OCH3 is 2. The Balaban J connectivity index is 1.77. The summed E-state index contributed by atoms with van der Waals surface area (Å²) in [5, 5.41) is 3.51. The minimum Gasteiger partial charge on any atom is -0.493 e. The molecule has 0 aliphatic carbocycles. The lowest BCUT2D eigenvalue weighted by Crippen LogP contribution is -2.37. The van der Waals surface area contributed by atoms with Crippen LogP contribution >= 0.6 is 11.6 Å². The smallest absolute Gasteiger partial charge is 0.338 e. The Hall–Kier alpha value is -2.24. The Morgan fingerprint density at radius 1 is 1.19 bits per heavy atom. The monoisotopic (exact) mass is 389 g/mol. The molecule has 27 heavy (non-hydrogen) atoms. The van der Waals surface area contributed by atoms with Crippen molar-refractivity contribution in [1.82, 2.24) is 5.32 Å². The second-order valence-electron chi connectivity index (χ2n) is 6.47. The van der Waals surface area contributed by atoms with Crippen molar-refractivity contribution in [3.05, 3.63) is 59.2 Å². The summed E-state index contributed by atoms with van der Waals surface area (Å²) >= 11 is 6.24. The molecule has 0 aromatic heterocycles. The molecule has 2 aromatic carbocycles. The van der Waals surface area contributed by atoms with Gasteiger partial charge in [0.25, 0.3) is 0 Å². The van der Waals surface area contributed by atoms with Crippen LogP contribution in [0.25, 0.3) is 0 Å². The molecule has 0 saturated heterocycles. The van der Waals surface area contributed by atoms with Crippen LogP contribution in [0.1, 0.15) is 27.5 Å². The van der Waals surface area contributed by atoms with Gasteiger partial charge >= 0.3 is 5.97 Å². The highest BCUT2D eigenvalue weighted by Crippen LogP contribution is 2.38. The lowest BCUT2D eigenvalue weighted by molar-refractivity contribution is 0.0423. The summed E-state index contributed by atoms with van der Waals surface area (Å²) in [5.41, 5.74) is 2.84. The molecule has 1 aliphatic rings. The maximum atomic E-state index is 12.3. The van der Waals surface area contributed by atoms with Gasteiger partial charge in [0.15, 0.2) is 11.5 Å². The van der Waals surface area contributed by atoms with E-state index in [0.717, 1.165) is 24.3 Å². The number of hydrogen-bond donors (Lipinski definition) is 1. The van der Waals surface area contributed by atoms with Gasteiger partial charge in [0, 0.05) is 17.8 Å². The number of esters is 1. The Bertz CT molecular complexity index is 781. The van der Waals surface area contributed by atoms with Crippen LogP contribution in [0, 0.1) is 5.92 Å². The number of ether oxygens (including phenoxy) is 3. The van der Waals surface area contributed by atoms with Crippen molar-refractivity contribution in [2.45, 2.75) is 12.5 Å². The normalized spacial score (nSPS) is 16.9. The summed E-state index contributed by atoms with van der Waals surface area (Å²) in [6, 6.07) is 13.0. The van der Waals surface area contributed by atoms with Gasteiger partial charge in [-0.05, 0) is 48.4 Å². The van der Waals surface area contributed by atoms with Crippen LogP contribution in [-0.2, 0) is 11.2 Å². The van der Waals surface area contributed by atoms with E-state index in [1.807, 2.05) is 30.3 Å². The first-order valence-electron chi connectivity index (χ1n) is 8.94. The molecule has 0 saturated carbocycles. The van der Waals surface area contributed by atoms with Crippen molar-refractivity contribution < 1.29 is 19.0 Å². The third-order valence-electron chi connectivity index (χ3n) is 4.85. The van der Waals surface area contributed by atoms with Crippen LogP contribution in [-0.4, -0.2) is 39.2 Å². The zero-order valence-corrected chi connectivity index (χ0v) is 16.3. The van der Waals surface area contributed by atoms with E-state index in [0.29, 0.717) is 17.2 Å². The summed E-state index contributed by atoms with van der Waals surface area (Å²) in [6.45, 7) is 1.07. The highest BCUT2D eigenvalue weighted by Gasteiger charge is 2.30. The van der Waals surface area contributed by atoms with E-state index in [4.69, 9.17) is 25.8 Å². The summed E-state index contributed by atoms with van der Waals surface area (Å²) in [6.07, 6.45) is 0.894. The van der Waals surface area contributed by atoms with E-state index in [2.05, 4.69) is 5.32 Å². The molecule has 2 atom stereocenters. The second-order valence-corrected chi connectivity index (χ2v) is 6.78. The molecule has 1 N–H and O–H groups in total. The van der Waals surface area contributed by atoms with Crippen LogP contribution < -0.4 is 14.8 Å². The predicted molar refractivity (Wildman–Crippen MR) is 105 cm³/mol. The van der Waals surface area contributed by atoms with Crippen LogP contribution in [0.3, 0.4) is 0 Å². The fraction of sp³-hybridized carbons (Fsp3) is 0.381. The maximum absolute atomic E-state index is 12.3. The second kappa shape index (κ2) is 9.11. The first kappa shape index (κ1) is 19.5. The summed E-state index contributed by atoms with van der Waals surface area (Å²) in [4.78, 5) is 12.3. The molecule has 0 fully saturated rings. The van der Waals surface area contributed by atoms with E-state index in [1.165, 1.54) is 5.56 Å². The average Bonchev–Trinajstić information content (AvgIpc) is 2.73. The largest absolute Gasteiger partial charge is 0.493 e. The first-order chi connectivity index (χ1) is 13.2. The number of nitrogens with one attached hydrogen (secondary N) is 1. The molecule has 1 aliphatic heterocycles. The SMILES string of the molecule is COc1cc2c(cc1OC)C(C(CCl)COC(=O)c1ccccc1)NCC2. The van der Waals surface area contributed by atoms with E-state index >= 15 is 0 Å². The lowest BCUT2D eigenvalue weighted by atomic mass is 9.87. The standard InChI is InChI=1S/C21H24ClNO4/c1-25-18-10-15-8-9-23-20(17(15)11-19(18)26-2)16(12-22)13-27-21(24)14-6-4-3-5-7-14/h3-7,10-11,16,20,23H,8-9,12-13H2,1-2H3. The van der Waals surface area contributed by atoms with Crippen LogP contribution in [0.4, 0.5) is 0 Å². The van der Waals surface area contributed by atoms with Gasteiger partial charge in [0.05, 0.1) is 26.4 Å². The van der Waals surface area contributed by atoms with Gasteiger partial charge in [-0.25, -0.2) is 4.79 Å². The zero-order chi connectivity index (χ0) is 19.2. The fourth-order valence-corrected chi connectivity index (χ4v) is 3.67. The molecule has 0 bridgehead atoms. The van der Waals surface area contributed by atoms with Gasteiger partial charge in [0.2, 0.25) is 0 Å². The van der Waals surface area contributed by atoms with Gasteiger partial charge in [-0.3, -0.25) is 0 Å². The number of halogens is 1. The third kappa shape index (κ3) is 4.37. The first-order valence-corrected chi connectivity index (χ1v) is 9.47. The van der Waals surface area contributed by atoms with Crippen molar-refractivity contribution in [2.24, 2.45) is 5.92 Å². The molecule has 0 amide bonds. The number of hydrogen-bond acceptors (Lipinski definition) is 5. The van der Waals surface area contributed by atoms with E-state index in [-0.39, 0.29) is 24.5 Å². The minimum absolute atomic E-state index is 0.0189. The molecular formula is C21H24ClNO4. The highest BCUT2D eigenvalue weighted by molar-refractivity contribution is 6.18. The van der Waals surface area contributed by atoms with Crippen molar-refractivity contribution in [3.63, 3.8) is 0 Å². The van der Waals surface area contributed by atoms with Crippen LogP contribution in [0.2, 0.25) is 0 Å². The lowest BCUT2D eigenvalue weighted by Gasteiger charge is -2.33. The third-order valence-corrected chi connectivity index (χ3v) is 5.24. The minimum atomic E-state index is -0.339. The van der Waals surface area contributed by atoms with Gasteiger partial charge in [-0.1, -0.05) is 18.2 Å². The average molecular weight is 390 g/mol.